The molecule has 1 heterocycles. The molecule has 0 fully saturated rings. The van der Waals surface area contributed by atoms with Crippen LogP contribution in [0.5, 0.6) is 0 Å². The zero-order chi connectivity index (χ0) is 16.7. The van der Waals surface area contributed by atoms with Gasteiger partial charge in [0.15, 0.2) is 0 Å². The summed E-state index contributed by atoms with van der Waals surface area (Å²) < 4.78 is 7.07. The molecule has 0 aliphatic rings. The first kappa shape index (κ1) is 17.3. The molecule has 0 aliphatic heterocycles. The van der Waals surface area contributed by atoms with E-state index in [0.717, 1.165) is 5.56 Å². The van der Waals surface area contributed by atoms with Gasteiger partial charge in [0.05, 0.1) is 25.5 Å². The molecule has 23 heavy (non-hydrogen) atoms. The number of urea groups is 1. The second-order valence-corrected chi connectivity index (χ2v) is 5.74. The van der Waals surface area contributed by atoms with E-state index in [4.69, 9.17) is 16.3 Å². The summed E-state index contributed by atoms with van der Waals surface area (Å²) in [4.78, 5) is 11.9. The third-order valence-corrected chi connectivity index (χ3v) is 3.25. The molecule has 0 radical (unpaired) electrons. The Bertz CT molecular complexity index is 643. The van der Waals surface area contributed by atoms with E-state index < -0.39 is 0 Å². The van der Waals surface area contributed by atoms with Crippen LogP contribution < -0.4 is 10.6 Å². The summed E-state index contributed by atoms with van der Waals surface area (Å²) in [5, 5.41) is 10.4. The fourth-order valence-electron chi connectivity index (χ4n) is 1.99. The van der Waals surface area contributed by atoms with Crippen LogP contribution >= 0.6 is 11.6 Å². The third kappa shape index (κ3) is 5.92. The number of nitrogens with zero attached hydrogens (tertiary/aromatic N) is 2. The molecular weight excluding hydrogens is 316 g/mol. The van der Waals surface area contributed by atoms with Crippen LogP contribution in [0.15, 0.2) is 36.5 Å². The number of nitrogens with one attached hydrogen (secondary N) is 2. The molecule has 124 valence electrons. The minimum Gasteiger partial charge on any atom is -0.377 e. The number of carbonyl (C=O) groups excluding carboxylic acids is 1. The minimum atomic E-state index is -0.287. The summed E-state index contributed by atoms with van der Waals surface area (Å²) in [5.41, 5.74) is 1.01. The smallest absolute Gasteiger partial charge is 0.320 e. The number of ether oxygens (including phenoxy) is 1. The van der Waals surface area contributed by atoms with Gasteiger partial charge in [-0.25, -0.2) is 9.48 Å². The number of anilines is 1. The molecule has 2 amide bonds. The van der Waals surface area contributed by atoms with Gasteiger partial charge in [0.25, 0.3) is 0 Å². The maximum absolute atomic E-state index is 11.9. The van der Waals surface area contributed by atoms with Crippen molar-refractivity contribution in [2.24, 2.45) is 0 Å². The number of aromatic nitrogens is 2. The molecule has 6 nitrogen and oxygen atoms in total. The molecule has 2 aromatic rings. The lowest BCUT2D eigenvalue weighted by atomic mass is 10.2. The number of halogens is 1. The summed E-state index contributed by atoms with van der Waals surface area (Å²) in [6.07, 6.45) is 1.79. The number of hydrogen-bond donors (Lipinski definition) is 2. The van der Waals surface area contributed by atoms with E-state index in [0.29, 0.717) is 30.5 Å². The highest BCUT2D eigenvalue weighted by molar-refractivity contribution is 6.30. The van der Waals surface area contributed by atoms with Gasteiger partial charge in [-0.1, -0.05) is 23.7 Å². The summed E-state index contributed by atoms with van der Waals surface area (Å²) in [6.45, 7) is 5.36. The van der Waals surface area contributed by atoms with Gasteiger partial charge in [-0.2, -0.15) is 5.10 Å². The highest BCUT2D eigenvalue weighted by Crippen LogP contribution is 2.14. The maximum Gasteiger partial charge on any atom is 0.320 e. The molecule has 0 bridgehead atoms. The molecule has 2 N–H and O–H groups in total. The normalized spacial score (nSPS) is 10.8. The van der Waals surface area contributed by atoms with Crippen LogP contribution in [0.2, 0.25) is 5.02 Å². The molecule has 1 aromatic carbocycles. The highest BCUT2D eigenvalue weighted by atomic mass is 35.5. The van der Waals surface area contributed by atoms with Gasteiger partial charge in [-0.3, -0.25) is 5.32 Å². The van der Waals surface area contributed by atoms with Crippen molar-refractivity contribution in [2.45, 2.75) is 26.5 Å². The Morgan fingerprint density at radius 2 is 2.22 bits per heavy atom. The number of carbonyl (C=O) groups is 1. The van der Waals surface area contributed by atoms with Crippen LogP contribution in [-0.4, -0.2) is 35.1 Å². The Morgan fingerprint density at radius 3 is 2.96 bits per heavy atom. The predicted octanol–water partition coefficient (Wildman–Crippen LogP) is 3.13. The average Bonchev–Trinajstić information content (AvgIpc) is 2.90. The number of rotatable bonds is 7. The topological polar surface area (TPSA) is 68.2 Å². The van der Waals surface area contributed by atoms with Gasteiger partial charge in [-0.15, -0.1) is 0 Å². The fourth-order valence-corrected chi connectivity index (χ4v) is 2.21. The Balaban J connectivity index is 1.87. The lowest BCUT2D eigenvalue weighted by Gasteiger charge is -2.11. The Morgan fingerprint density at radius 1 is 1.39 bits per heavy atom. The van der Waals surface area contributed by atoms with Crippen molar-refractivity contribution >= 4 is 23.4 Å². The first-order chi connectivity index (χ1) is 11.0. The van der Waals surface area contributed by atoms with Crippen molar-refractivity contribution < 1.29 is 9.53 Å². The van der Waals surface area contributed by atoms with E-state index in [-0.39, 0.29) is 12.1 Å². The van der Waals surface area contributed by atoms with Crippen molar-refractivity contribution in [1.29, 1.82) is 0 Å². The molecule has 0 saturated heterocycles. The van der Waals surface area contributed by atoms with E-state index in [1.165, 1.54) is 0 Å². The summed E-state index contributed by atoms with van der Waals surface area (Å²) in [5.74, 6) is 0.618. The molecule has 0 saturated carbocycles. The average molecular weight is 337 g/mol. The van der Waals surface area contributed by atoms with Gasteiger partial charge in [0.1, 0.15) is 5.82 Å². The van der Waals surface area contributed by atoms with Crippen molar-refractivity contribution in [3.05, 3.63) is 47.1 Å². The van der Waals surface area contributed by atoms with Crippen LogP contribution in [0, 0.1) is 0 Å². The van der Waals surface area contributed by atoms with Gasteiger partial charge >= 0.3 is 6.03 Å². The van der Waals surface area contributed by atoms with Crippen molar-refractivity contribution in [3.63, 3.8) is 0 Å². The van der Waals surface area contributed by atoms with Crippen LogP contribution in [-0.2, 0) is 11.3 Å². The molecule has 0 aliphatic carbocycles. The van der Waals surface area contributed by atoms with Crippen molar-refractivity contribution in [1.82, 2.24) is 15.1 Å². The number of amides is 2. The number of benzene rings is 1. The molecule has 2 rings (SSSR count). The van der Waals surface area contributed by atoms with Gasteiger partial charge in [0.2, 0.25) is 0 Å². The first-order valence-electron chi connectivity index (χ1n) is 7.47. The third-order valence-electron chi connectivity index (χ3n) is 3.02. The van der Waals surface area contributed by atoms with E-state index in [1.54, 1.807) is 16.9 Å². The second kappa shape index (κ2) is 8.55. The second-order valence-electron chi connectivity index (χ2n) is 5.30. The number of hydrogen-bond acceptors (Lipinski definition) is 3. The Hall–Kier alpha value is -2.05. The summed E-state index contributed by atoms with van der Waals surface area (Å²) in [6, 6.07) is 8.99. The molecule has 0 spiro atoms. The van der Waals surface area contributed by atoms with E-state index in [1.807, 2.05) is 38.1 Å². The predicted molar refractivity (Wildman–Crippen MR) is 90.9 cm³/mol. The standard InChI is InChI=1S/C16H21ClN4O2/c1-12(2)23-9-8-18-16(22)20-15-6-7-19-21(15)11-13-4-3-5-14(17)10-13/h3-7,10,12H,8-9,11H2,1-2H3,(H2,18,20,22). The zero-order valence-corrected chi connectivity index (χ0v) is 14.0. The Labute approximate surface area is 140 Å². The molecule has 0 unspecified atom stereocenters. The fraction of sp³-hybridized carbons (Fsp3) is 0.375. The van der Waals surface area contributed by atoms with Crippen molar-refractivity contribution in [2.75, 3.05) is 18.5 Å². The van der Waals surface area contributed by atoms with Gasteiger partial charge in [0, 0.05) is 17.6 Å². The zero-order valence-electron chi connectivity index (χ0n) is 13.3. The van der Waals surface area contributed by atoms with Crippen LogP contribution in [0.3, 0.4) is 0 Å². The molecule has 1 aromatic heterocycles. The largest absolute Gasteiger partial charge is 0.377 e. The summed E-state index contributed by atoms with van der Waals surface area (Å²) >= 11 is 5.98. The Kier molecular flexibility index (Phi) is 6.43. The quantitative estimate of drug-likeness (QED) is 0.763. The van der Waals surface area contributed by atoms with Gasteiger partial charge in [-0.05, 0) is 31.5 Å². The van der Waals surface area contributed by atoms with Crippen LogP contribution in [0.4, 0.5) is 10.6 Å². The monoisotopic (exact) mass is 336 g/mol. The lowest BCUT2D eigenvalue weighted by molar-refractivity contribution is 0.0820. The van der Waals surface area contributed by atoms with E-state index in [2.05, 4.69) is 15.7 Å². The van der Waals surface area contributed by atoms with E-state index in [9.17, 15) is 4.79 Å². The molecule has 0 atom stereocenters. The SMILES string of the molecule is CC(C)OCCNC(=O)Nc1ccnn1Cc1cccc(Cl)c1. The van der Waals surface area contributed by atoms with Gasteiger partial charge < -0.3 is 10.1 Å². The maximum atomic E-state index is 11.9. The highest BCUT2D eigenvalue weighted by Gasteiger charge is 2.07. The lowest BCUT2D eigenvalue weighted by Crippen LogP contribution is -2.32. The minimum absolute atomic E-state index is 0.152. The van der Waals surface area contributed by atoms with Crippen molar-refractivity contribution in [3.8, 4) is 0 Å². The molecule has 7 heteroatoms. The first-order valence-corrected chi connectivity index (χ1v) is 7.85. The van der Waals surface area contributed by atoms with E-state index >= 15 is 0 Å². The van der Waals surface area contributed by atoms with Crippen LogP contribution in [0.25, 0.3) is 0 Å². The summed E-state index contributed by atoms with van der Waals surface area (Å²) in [7, 11) is 0. The van der Waals surface area contributed by atoms with Crippen LogP contribution in [0.1, 0.15) is 19.4 Å². The molecular formula is C16H21ClN4O2.